The van der Waals surface area contributed by atoms with E-state index >= 15 is 0 Å². The van der Waals surface area contributed by atoms with Gasteiger partial charge < -0.3 is 5.32 Å². The third-order valence-corrected chi connectivity index (χ3v) is 3.45. The average Bonchev–Trinajstić information content (AvgIpc) is 3.12. The second-order valence-corrected chi connectivity index (χ2v) is 5.29. The molecule has 0 aliphatic heterocycles. The quantitative estimate of drug-likeness (QED) is 0.629. The van der Waals surface area contributed by atoms with Crippen molar-refractivity contribution >= 4 is 17.3 Å². The molecule has 0 amide bonds. The van der Waals surface area contributed by atoms with Gasteiger partial charge in [0, 0.05) is 24.5 Å². The van der Waals surface area contributed by atoms with E-state index in [0.717, 1.165) is 22.5 Å². The van der Waals surface area contributed by atoms with Gasteiger partial charge in [-0.05, 0) is 30.7 Å². The summed E-state index contributed by atoms with van der Waals surface area (Å²) >= 11 is 0. The maximum Gasteiger partial charge on any atom is 0.247 e. The van der Waals surface area contributed by atoms with Crippen LogP contribution >= 0.6 is 0 Å². The zero-order valence-corrected chi connectivity index (χ0v) is 12.7. The highest BCUT2D eigenvalue weighted by Crippen LogP contribution is 2.20. The molecule has 4 rings (SSSR count). The third-order valence-electron chi connectivity index (χ3n) is 3.45. The van der Waals surface area contributed by atoms with E-state index in [1.54, 1.807) is 27.8 Å². The first-order valence-corrected chi connectivity index (χ1v) is 7.14. The molecule has 113 valence electrons. The maximum absolute atomic E-state index is 4.53. The molecule has 23 heavy (non-hydrogen) atoms. The van der Waals surface area contributed by atoms with Crippen LogP contribution in [0.5, 0.6) is 0 Å². The molecule has 1 aromatic carbocycles. The molecule has 1 N–H and O–H groups in total. The van der Waals surface area contributed by atoms with Crippen molar-refractivity contribution in [3.63, 3.8) is 0 Å². The number of rotatable bonds is 3. The van der Waals surface area contributed by atoms with Crippen molar-refractivity contribution in [3.8, 4) is 11.3 Å². The normalized spacial score (nSPS) is 11.0. The maximum atomic E-state index is 4.53. The predicted octanol–water partition coefficient (Wildman–Crippen LogP) is 2.38. The highest BCUT2D eigenvalue weighted by molar-refractivity contribution is 5.62. The molecule has 0 aliphatic rings. The number of aromatic nitrogens is 6. The van der Waals surface area contributed by atoms with Crippen LogP contribution in [0, 0.1) is 13.0 Å². The van der Waals surface area contributed by atoms with E-state index in [9.17, 15) is 0 Å². The highest BCUT2D eigenvalue weighted by Gasteiger charge is 2.11. The molecule has 0 bridgehead atoms. The second-order valence-electron chi connectivity index (χ2n) is 5.29. The molecule has 0 spiro atoms. The van der Waals surface area contributed by atoms with Gasteiger partial charge in [-0.25, -0.2) is 4.52 Å². The van der Waals surface area contributed by atoms with Crippen molar-refractivity contribution in [2.75, 3.05) is 5.32 Å². The van der Waals surface area contributed by atoms with Gasteiger partial charge in [0.1, 0.15) is 0 Å². The van der Waals surface area contributed by atoms with Crippen LogP contribution in [0.2, 0.25) is 0 Å². The van der Waals surface area contributed by atoms with Gasteiger partial charge in [0.2, 0.25) is 5.95 Å². The molecule has 0 unspecified atom stereocenters. The summed E-state index contributed by atoms with van der Waals surface area (Å²) in [4.78, 5) is 8.71. The van der Waals surface area contributed by atoms with Crippen LogP contribution in [0.4, 0.5) is 11.6 Å². The van der Waals surface area contributed by atoms with E-state index in [0.29, 0.717) is 11.6 Å². The van der Waals surface area contributed by atoms with E-state index in [-0.39, 0.29) is 0 Å². The van der Waals surface area contributed by atoms with Crippen LogP contribution in [0.1, 0.15) is 5.56 Å². The number of anilines is 2. The van der Waals surface area contributed by atoms with Crippen molar-refractivity contribution in [3.05, 3.63) is 54.6 Å². The second kappa shape index (κ2) is 5.20. The summed E-state index contributed by atoms with van der Waals surface area (Å²) in [5.41, 5.74) is 4.43. The Morgan fingerprint density at radius 2 is 2.13 bits per heavy atom. The number of nitrogens with zero attached hydrogens (tertiary/aromatic N) is 6. The Balaban J connectivity index is 1.76. The molecule has 7 nitrogen and oxygen atoms in total. The molecule has 0 saturated heterocycles. The number of hydrogen-bond donors (Lipinski definition) is 1. The Bertz CT molecular complexity index is 983. The van der Waals surface area contributed by atoms with Gasteiger partial charge >= 0.3 is 0 Å². The molecule has 0 atom stereocenters. The standard InChI is InChI=1S/C16H14N7/c1-11-4-3-5-13(6-11)19-16-20-15-9-17-8-14(23(15)21-16)12-7-18-22(2)10-12/h3,5-10H,1-2H3,(H,19,21). The first kappa shape index (κ1) is 13.4. The molecule has 3 aromatic heterocycles. The Kier molecular flexibility index (Phi) is 3.04. The Morgan fingerprint density at radius 1 is 1.22 bits per heavy atom. The highest BCUT2D eigenvalue weighted by atomic mass is 15.4. The van der Waals surface area contributed by atoms with Gasteiger partial charge in [-0.15, -0.1) is 5.10 Å². The lowest BCUT2D eigenvalue weighted by molar-refractivity contribution is 0.768. The van der Waals surface area contributed by atoms with Crippen LogP contribution in [0.25, 0.3) is 16.9 Å². The van der Waals surface area contributed by atoms with Crippen molar-refractivity contribution in [1.29, 1.82) is 0 Å². The van der Waals surface area contributed by atoms with Crippen LogP contribution in [0.15, 0.2) is 43.0 Å². The van der Waals surface area contributed by atoms with E-state index in [1.807, 2.05) is 38.4 Å². The van der Waals surface area contributed by atoms with Crippen LogP contribution < -0.4 is 5.32 Å². The Hall–Kier alpha value is -3.22. The van der Waals surface area contributed by atoms with Crippen LogP contribution in [-0.2, 0) is 7.05 Å². The summed E-state index contributed by atoms with van der Waals surface area (Å²) in [5, 5.41) is 11.9. The SMILES string of the molecule is Cc1[c]ccc(Nc2nc3cncc(-c4cnn(C)c4)n3n2)c1. The van der Waals surface area contributed by atoms with Gasteiger partial charge in [-0.3, -0.25) is 9.67 Å². The summed E-state index contributed by atoms with van der Waals surface area (Å²) in [6.45, 7) is 1.99. The van der Waals surface area contributed by atoms with Crippen molar-refractivity contribution in [2.45, 2.75) is 6.92 Å². The first-order chi connectivity index (χ1) is 11.2. The van der Waals surface area contributed by atoms with Crippen molar-refractivity contribution in [2.24, 2.45) is 7.05 Å². The summed E-state index contributed by atoms with van der Waals surface area (Å²) in [6, 6.07) is 8.90. The fourth-order valence-corrected chi connectivity index (χ4v) is 2.41. The minimum atomic E-state index is 0.522. The fourth-order valence-electron chi connectivity index (χ4n) is 2.41. The summed E-state index contributed by atoms with van der Waals surface area (Å²) < 4.78 is 3.50. The lowest BCUT2D eigenvalue weighted by atomic mass is 10.2. The van der Waals surface area contributed by atoms with Crippen molar-refractivity contribution < 1.29 is 0 Å². The monoisotopic (exact) mass is 304 g/mol. The minimum Gasteiger partial charge on any atom is -0.323 e. The summed E-state index contributed by atoms with van der Waals surface area (Å²) in [5.74, 6) is 0.522. The van der Waals surface area contributed by atoms with Gasteiger partial charge in [0.25, 0.3) is 0 Å². The number of fused-ring (bicyclic) bond motifs is 1. The topological polar surface area (TPSA) is 72.9 Å². The molecular formula is C16H14N7. The van der Waals surface area contributed by atoms with Gasteiger partial charge in [0.15, 0.2) is 5.65 Å². The molecule has 4 aromatic rings. The third kappa shape index (κ3) is 2.52. The first-order valence-electron chi connectivity index (χ1n) is 7.14. The lowest BCUT2D eigenvalue weighted by Gasteiger charge is -2.01. The lowest BCUT2D eigenvalue weighted by Crippen LogP contribution is -1.96. The Morgan fingerprint density at radius 3 is 2.91 bits per heavy atom. The van der Waals surface area contributed by atoms with Gasteiger partial charge in [-0.1, -0.05) is 6.07 Å². The molecule has 7 heteroatoms. The zero-order valence-electron chi connectivity index (χ0n) is 12.7. The number of aryl methyl sites for hydroxylation is 2. The zero-order chi connectivity index (χ0) is 15.8. The average molecular weight is 304 g/mol. The smallest absolute Gasteiger partial charge is 0.247 e. The molecule has 0 saturated carbocycles. The summed E-state index contributed by atoms with van der Waals surface area (Å²) in [6.07, 6.45) is 7.13. The minimum absolute atomic E-state index is 0.522. The number of nitrogens with one attached hydrogen (secondary N) is 1. The predicted molar refractivity (Wildman–Crippen MR) is 86.3 cm³/mol. The van der Waals surface area contributed by atoms with E-state index < -0.39 is 0 Å². The fraction of sp³-hybridized carbons (Fsp3) is 0.125. The largest absolute Gasteiger partial charge is 0.323 e. The summed E-state index contributed by atoms with van der Waals surface area (Å²) in [7, 11) is 1.88. The number of hydrogen-bond acceptors (Lipinski definition) is 5. The van der Waals surface area contributed by atoms with Crippen LogP contribution in [-0.4, -0.2) is 29.4 Å². The van der Waals surface area contributed by atoms with Gasteiger partial charge in [-0.2, -0.15) is 10.1 Å². The Labute approximate surface area is 132 Å². The van der Waals surface area contributed by atoms with E-state index in [4.69, 9.17) is 0 Å². The number of benzene rings is 1. The van der Waals surface area contributed by atoms with E-state index in [1.165, 1.54) is 0 Å². The molecule has 0 aliphatic carbocycles. The molecule has 0 fully saturated rings. The van der Waals surface area contributed by atoms with E-state index in [2.05, 4.69) is 31.5 Å². The van der Waals surface area contributed by atoms with Gasteiger partial charge in [0.05, 0.1) is 24.3 Å². The molecule has 3 heterocycles. The molecule has 1 radical (unpaired) electrons. The van der Waals surface area contributed by atoms with Crippen LogP contribution in [0.3, 0.4) is 0 Å². The molecular weight excluding hydrogens is 290 g/mol. The van der Waals surface area contributed by atoms with Crippen molar-refractivity contribution in [1.82, 2.24) is 29.4 Å².